The molecular formula is C16H21N3O. The predicted octanol–water partition coefficient (Wildman–Crippen LogP) is 2.35. The molecule has 0 aliphatic carbocycles. The van der Waals surface area contributed by atoms with E-state index in [2.05, 4.69) is 29.5 Å². The first-order valence-electron chi connectivity index (χ1n) is 6.98. The Kier molecular flexibility index (Phi) is 4.69. The Labute approximate surface area is 119 Å². The van der Waals surface area contributed by atoms with Gasteiger partial charge >= 0.3 is 0 Å². The third-order valence-corrected chi connectivity index (χ3v) is 3.20. The Morgan fingerprint density at radius 1 is 1.25 bits per heavy atom. The second-order valence-electron chi connectivity index (χ2n) is 4.98. The summed E-state index contributed by atoms with van der Waals surface area (Å²) in [4.78, 5) is 12.2. The highest BCUT2D eigenvalue weighted by Gasteiger charge is 2.09. The van der Waals surface area contributed by atoms with Crippen molar-refractivity contribution in [3.8, 4) is 11.3 Å². The van der Waals surface area contributed by atoms with E-state index in [1.807, 2.05) is 32.2 Å². The molecule has 0 bridgehead atoms. The van der Waals surface area contributed by atoms with Crippen LogP contribution < -0.4 is 10.9 Å². The van der Waals surface area contributed by atoms with Gasteiger partial charge < -0.3 is 5.32 Å². The number of nitrogens with one attached hydrogen (secondary N) is 1. The van der Waals surface area contributed by atoms with E-state index in [9.17, 15) is 4.79 Å². The summed E-state index contributed by atoms with van der Waals surface area (Å²) in [6.45, 7) is 5.31. The van der Waals surface area contributed by atoms with Gasteiger partial charge in [-0.1, -0.05) is 36.8 Å². The van der Waals surface area contributed by atoms with Crippen LogP contribution in [-0.4, -0.2) is 16.8 Å². The van der Waals surface area contributed by atoms with E-state index in [4.69, 9.17) is 0 Å². The summed E-state index contributed by atoms with van der Waals surface area (Å²) in [7, 11) is 1.84. The van der Waals surface area contributed by atoms with Crippen LogP contribution in [0.2, 0.25) is 0 Å². The van der Waals surface area contributed by atoms with Crippen molar-refractivity contribution in [1.29, 1.82) is 0 Å². The quantitative estimate of drug-likeness (QED) is 0.908. The zero-order valence-electron chi connectivity index (χ0n) is 12.3. The van der Waals surface area contributed by atoms with Gasteiger partial charge in [0, 0.05) is 24.2 Å². The third kappa shape index (κ3) is 3.14. The highest BCUT2D eigenvalue weighted by Crippen LogP contribution is 2.17. The largest absolute Gasteiger partial charge is 0.315 e. The van der Waals surface area contributed by atoms with Crippen LogP contribution in [0.1, 0.15) is 24.5 Å². The Morgan fingerprint density at radius 3 is 2.55 bits per heavy atom. The van der Waals surface area contributed by atoms with E-state index in [-0.39, 0.29) is 5.56 Å². The molecule has 0 aliphatic heterocycles. The molecule has 1 aromatic heterocycles. The monoisotopic (exact) mass is 271 g/mol. The Balaban J connectivity index is 2.52. The zero-order valence-corrected chi connectivity index (χ0v) is 12.3. The number of aromatic nitrogens is 2. The molecule has 1 aromatic carbocycles. The molecule has 0 aliphatic rings. The van der Waals surface area contributed by atoms with Gasteiger partial charge in [0.25, 0.3) is 5.56 Å². The van der Waals surface area contributed by atoms with Crippen molar-refractivity contribution in [2.24, 2.45) is 0 Å². The van der Waals surface area contributed by atoms with Crippen molar-refractivity contribution in [2.45, 2.75) is 33.4 Å². The Bertz CT molecular complexity index is 599. The highest BCUT2D eigenvalue weighted by atomic mass is 16.1. The van der Waals surface area contributed by atoms with Gasteiger partial charge in [-0.25, -0.2) is 4.68 Å². The average Bonchev–Trinajstić information content (AvgIpc) is 2.44. The van der Waals surface area contributed by atoms with E-state index < -0.39 is 0 Å². The third-order valence-electron chi connectivity index (χ3n) is 3.20. The second-order valence-corrected chi connectivity index (χ2v) is 4.98. The Morgan fingerprint density at radius 2 is 1.95 bits per heavy atom. The molecule has 0 saturated heterocycles. The summed E-state index contributed by atoms with van der Waals surface area (Å²) < 4.78 is 1.57. The van der Waals surface area contributed by atoms with Crippen molar-refractivity contribution >= 4 is 0 Å². The molecule has 0 radical (unpaired) electrons. The van der Waals surface area contributed by atoms with Crippen molar-refractivity contribution < 1.29 is 0 Å². The summed E-state index contributed by atoms with van der Waals surface area (Å²) in [5, 5.41) is 7.52. The molecule has 2 rings (SSSR count). The number of benzene rings is 1. The van der Waals surface area contributed by atoms with E-state index in [1.54, 1.807) is 4.68 Å². The van der Waals surface area contributed by atoms with Crippen LogP contribution in [-0.2, 0) is 13.1 Å². The van der Waals surface area contributed by atoms with Crippen LogP contribution in [0.4, 0.5) is 0 Å². The molecular weight excluding hydrogens is 250 g/mol. The van der Waals surface area contributed by atoms with Crippen LogP contribution in [0.15, 0.2) is 35.1 Å². The number of hydrogen-bond donors (Lipinski definition) is 1. The van der Waals surface area contributed by atoms with Gasteiger partial charge in [-0.15, -0.1) is 0 Å². The summed E-state index contributed by atoms with van der Waals surface area (Å²) >= 11 is 0. The molecule has 0 amide bonds. The van der Waals surface area contributed by atoms with Crippen molar-refractivity contribution in [3.63, 3.8) is 0 Å². The van der Waals surface area contributed by atoms with Crippen LogP contribution in [0.3, 0.4) is 0 Å². The highest BCUT2D eigenvalue weighted by molar-refractivity contribution is 5.59. The van der Waals surface area contributed by atoms with Crippen molar-refractivity contribution in [2.75, 3.05) is 7.05 Å². The molecule has 4 heteroatoms. The van der Waals surface area contributed by atoms with Crippen molar-refractivity contribution in [1.82, 2.24) is 15.1 Å². The molecule has 20 heavy (non-hydrogen) atoms. The van der Waals surface area contributed by atoms with E-state index in [0.29, 0.717) is 13.1 Å². The smallest absolute Gasteiger partial charge is 0.271 e. The van der Waals surface area contributed by atoms with Gasteiger partial charge in [0.2, 0.25) is 0 Å². The molecule has 0 saturated carbocycles. The molecule has 0 unspecified atom stereocenters. The SMILES string of the molecule is CCCn1nc(-c2ccc(C)cc2)cc(CNC)c1=O. The molecule has 0 fully saturated rings. The number of hydrogen-bond acceptors (Lipinski definition) is 3. The maximum absolute atomic E-state index is 12.2. The van der Waals surface area contributed by atoms with Gasteiger partial charge in [-0.3, -0.25) is 4.79 Å². The number of aryl methyl sites for hydroxylation is 2. The minimum Gasteiger partial charge on any atom is -0.315 e. The van der Waals surface area contributed by atoms with Gasteiger partial charge in [0.15, 0.2) is 0 Å². The molecule has 2 aromatic rings. The fourth-order valence-electron chi connectivity index (χ4n) is 2.14. The van der Waals surface area contributed by atoms with Gasteiger partial charge in [0.05, 0.1) is 5.69 Å². The van der Waals surface area contributed by atoms with Crippen LogP contribution in [0, 0.1) is 6.92 Å². The fourth-order valence-corrected chi connectivity index (χ4v) is 2.14. The van der Waals surface area contributed by atoms with Gasteiger partial charge in [0.1, 0.15) is 0 Å². The normalized spacial score (nSPS) is 10.8. The molecule has 0 atom stereocenters. The summed E-state index contributed by atoms with van der Waals surface area (Å²) in [5.41, 5.74) is 3.86. The second kappa shape index (κ2) is 6.48. The fraction of sp³-hybridized carbons (Fsp3) is 0.375. The maximum atomic E-state index is 12.2. The lowest BCUT2D eigenvalue weighted by molar-refractivity contribution is 0.561. The number of rotatable bonds is 5. The molecule has 4 nitrogen and oxygen atoms in total. The molecule has 1 N–H and O–H groups in total. The maximum Gasteiger partial charge on any atom is 0.271 e. The molecule has 0 spiro atoms. The van der Waals surface area contributed by atoms with Crippen molar-refractivity contribution in [3.05, 3.63) is 51.8 Å². The average molecular weight is 271 g/mol. The first-order chi connectivity index (χ1) is 9.65. The predicted molar refractivity (Wildman–Crippen MR) is 81.7 cm³/mol. The lowest BCUT2D eigenvalue weighted by Gasteiger charge is -2.10. The van der Waals surface area contributed by atoms with Crippen LogP contribution >= 0.6 is 0 Å². The molecule has 106 valence electrons. The van der Waals surface area contributed by atoms with Crippen LogP contribution in [0.5, 0.6) is 0 Å². The number of nitrogens with zero attached hydrogens (tertiary/aromatic N) is 2. The van der Waals surface area contributed by atoms with E-state index in [1.165, 1.54) is 5.56 Å². The van der Waals surface area contributed by atoms with E-state index in [0.717, 1.165) is 23.2 Å². The topological polar surface area (TPSA) is 46.9 Å². The lowest BCUT2D eigenvalue weighted by Crippen LogP contribution is -2.28. The molecule has 1 heterocycles. The lowest BCUT2D eigenvalue weighted by atomic mass is 10.1. The minimum absolute atomic E-state index is 0.00272. The minimum atomic E-state index is -0.00272. The van der Waals surface area contributed by atoms with Gasteiger partial charge in [-0.05, 0) is 26.5 Å². The van der Waals surface area contributed by atoms with Crippen LogP contribution in [0.25, 0.3) is 11.3 Å². The standard InChI is InChI=1S/C16H21N3O/c1-4-9-19-16(20)14(11-17-3)10-15(18-19)13-7-5-12(2)6-8-13/h5-8,10,17H,4,9,11H2,1-3H3. The zero-order chi connectivity index (χ0) is 14.5. The summed E-state index contributed by atoms with van der Waals surface area (Å²) in [6, 6.07) is 10.1. The summed E-state index contributed by atoms with van der Waals surface area (Å²) in [5.74, 6) is 0. The first kappa shape index (κ1) is 14.5. The van der Waals surface area contributed by atoms with E-state index >= 15 is 0 Å². The summed E-state index contributed by atoms with van der Waals surface area (Å²) in [6.07, 6.45) is 0.892. The first-order valence-corrected chi connectivity index (χ1v) is 6.98. The Hall–Kier alpha value is -1.94. The van der Waals surface area contributed by atoms with Gasteiger partial charge in [-0.2, -0.15) is 5.10 Å².